The molecule has 1 atom stereocenters. The van der Waals surface area contributed by atoms with E-state index < -0.39 is 0 Å². The molecule has 0 amide bonds. The van der Waals surface area contributed by atoms with E-state index >= 15 is 0 Å². The van der Waals surface area contributed by atoms with E-state index in [9.17, 15) is 0 Å². The van der Waals surface area contributed by atoms with E-state index in [1.807, 2.05) is 0 Å². The Morgan fingerprint density at radius 2 is 2.21 bits per heavy atom. The number of allylic oxidation sites excluding steroid dienone is 1. The molecule has 2 rings (SSSR count). The Kier molecular flexibility index (Phi) is 2.96. The molecule has 74 valence electrons. The second-order valence-corrected chi connectivity index (χ2v) is 3.41. The Labute approximate surface area is 84.4 Å². The topological polar surface area (TPSA) is 35.2 Å². The van der Waals surface area contributed by atoms with Crippen molar-refractivity contribution in [2.45, 2.75) is 12.5 Å². The summed E-state index contributed by atoms with van der Waals surface area (Å²) in [4.78, 5) is 0. The SMILES string of the molecule is NCCOC1C=CCc2ccccc21. The minimum atomic E-state index is 0.100. The van der Waals surface area contributed by atoms with Crippen molar-refractivity contribution in [1.29, 1.82) is 0 Å². The maximum atomic E-state index is 5.65. The van der Waals surface area contributed by atoms with Gasteiger partial charge in [0.2, 0.25) is 0 Å². The molecule has 14 heavy (non-hydrogen) atoms. The van der Waals surface area contributed by atoms with Gasteiger partial charge in [-0.1, -0.05) is 36.4 Å². The number of rotatable bonds is 3. The van der Waals surface area contributed by atoms with Crippen molar-refractivity contribution in [3.8, 4) is 0 Å². The predicted molar refractivity (Wildman–Crippen MR) is 57.0 cm³/mol. The highest BCUT2D eigenvalue weighted by molar-refractivity contribution is 5.36. The van der Waals surface area contributed by atoms with Crippen molar-refractivity contribution in [3.05, 3.63) is 47.5 Å². The molecule has 0 bridgehead atoms. The van der Waals surface area contributed by atoms with Crippen LogP contribution >= 0.6 is 0 Å². The van der Waals surface area contributed by atoms with Crippen LogP contribution in [-0.2, 0) is 11.2 Å². The summed E-state index contributed by atoms with van der Waals surface area (Å²) in [5.74, 6) is 0. The van der Waals surface area contributed by atoms with Crippen molar-refractivity contribution in [2.75, 3.05) is 13.2 Å². The minimum Gasteiger partial charge on any atom is -0.368 e. The van der Waals surface area contributed by atoms with E-state index in [2.05, 4.69) is 36.4 Å². The van der Waals surface area contributed by atoms with Gasteiger partial charge in [0.05, 0.1) is 6.61 Å². The van der Waals surface area contributed by atoms with Gasteiger partial charge in [0.1, 0.15) is 6.10 Å². The summed E-state index contributed by atoms with van der Waals surface area (Å²) in [6.45, 7) is 1.19. The number of ether oxygens (including phenoxy) is 1. The lowest BCUT2D eigenvalue weighted by Gasteiger charge is -2.20. The summed E-state index contributed by atoms with van der Waals surface area (Å²) in [6, 6.07) is 8.40. The molecule has 2 nitrogen and oxygen atoms in total. The van der Waals surface area contributed by atoms with Gasteiger partial charge in [0, 0.05) is 6.54 Å². The quantitative estimate of drug-likeness (QED) is 0.736. The molecule has 0 spiro atoms. The average Bonchev–Trinajstić information content (AvgIpc) is 2.26. The van der Waals surface area contributed by atoms with Gasteiger partial charge >= 0.3 is 0 Å². The highest BCUT2D eigenvalue weighted by Crippen LogP contribution is 2.27. The number of hydrogen-bond acceptors (Lipinski definition) is 2. The van der Waals surface area contributed by atoms with Crippen LogP contribution in [-0.4, -0.2) is 13.2 Å². The van der Waals surface area contributed by atoms with Gasteiger partial charge in [-0.2, -0.15) is 0 Å². The van der Waals surface area contributed by atoms with Crippen molar-refractivity contribution in [3.63, 3.8) is 0 Å². The number of nitrogens with two attached hydrogens (primary N) is 1. The fraction of sp³-hybridized carbons (Fsp3) is 0.333. The Morgan fingerprint density at radius 1 is 1.36 bits per heavy atom. The minimum absolute atomic E-state index is 0.100. The monoisotopic (exact) mass is 189 g/mol. The molecule has 2 N–H and O–H groups in total. The van der Waals surface area contributed by atoms with Gasteiger partial charge in [-0.3, -0.25) is 0 Å². The fourth-order valence-corrected chi connectivity index (χ4v) is 1.76. The summed E-state index contributed by atoms with van der Waals surface area (Å²) in [5.41, 5.74) is 8.06. The van der Waals surface area contributed by atoms with Gasteiger partial charge in [0.15, 0.2) is 0 Å². The molecule has 0 heterocycles. The average molecular weight is 189 g/mol. The van der Waals surface area contributed by atoms with E-state index in [4.69, 9.17) is 10.5 Å². The van der Waals surface area contributed by atoms with Crippen LogP contribution in [0, 0.1) is 0 Å². The third-order valence-electron chi connectivity index (χ3n) is 2.43. The molecular formula is C12H15NO. The van der Waals surface area contributed by atoms with Crippen LogP contribution in [0.3, 0.4) is 0 Å². The van der Waals surface area contributed by atoms with Gasteiger partial charge in [0.25, 0.3) is 0 Å². The zero-order chi connectivity index (χ0) is 9.80. The van der Waals surface area contributed by atoms with Gasteiger partial charge in [-0.25, -0.2) is 0 Å². The summed E-state index contributed by atoms with van der Waals surface area (Å²) in [5, 5.41) is 0. The molecule has 0 saturated heterocycles. The molecule has 1 unspecified atom stereocenters. The van der Waals surface area contributed by atoms with Crippen LogP contribution in [0.15, 0.2) is 36.4 Å². The fourth-order valence-electron chi connectivity index (χ4n) is 1.76. The standard InChI is InChI=1S/C12H15NO/c13-8-9-14-12-7-3-5-10-4-1-2-6-11(10)12/h1-4,6-7,12H,5,8-9,13H2. The van der Waals surface area contributed by atoms with Crippen LogP contribution in [0.5, 0.6) is 0 Å². The first-order valence-electron chi connectivity index (χ1n) is 4.98. The molecule has 2 heteroatoms. The maximum absolute atomic E-state index is 5.65. The number of fused-ring (bicyclic) bond motifs is 1. The summed E-state index contributed by atoms with van der Waals surface area (Å²) in [7, 11) is 0. The Morgan fingerprint density at radius 3 is 3.07 bits per heavy atom. The van der Waals surface area contributed by atoms with Crippen LogP contribution in [0.2, 0.25) is 0 Å². The third-order valence-corrected chi connectivity index (χ3v) is 2.43. The van der Waals surface area contributed by atoms with Crippen molar-refractivity contribution >= 4 is 0 Å². The second kappa shape index (κ2) is 4.40. The second-order valence-electron chi connectivity index (χ2n) is 3.41. The number of hydrogen-bond donors (Lipinski definition) is 1. The normalized spacial score (nSPS) is 19.4. The first-order valence-corrected chi connectivity index (χ1v) is 4.98. The molecule has 1 aromatic rings. The molecule has 0 aromatic heterocycles. The van der Waals surface area contributed by atoms with Gasteiger partial charge in [-0.15, -0.1) is 0 Å². The van der Waals surface area contributed by atoms with Crippen LogP contribution in [0.1, 0.15) is 17.2 Å². The largest absolute Gasteiger partial charge is 0.368 e. The van der Waals surface area contributed by atoms with Crippen molar-refractivity contribution < 1.29 is 4.74 Å². The molecule has 0 saturated carbocycles. The van der Waals surface area contributed by atoms with E-state index in [1.54, 1.807) is 0 Å². The van der Waals surface area contributed by atoms with E-state index in [0.717, 1.165) is 6.42 Å². The number of benzene rings is 1. The van der Waals surface area contributed by atoms with Crippen LogP contribution < -0.4 is 5.73 Å². The lowest BCUT2D eigenvalue weighted by atomic mass is 9.95. The van der Waals surface area contributed by atoms with Gasteiger partial charge < -0.3 is 10.5 Å². The zero-order valence-corrected chi connectivity index (χ0v) is 8.15. The highest BCUT2D eigenvalue weighted by Gasteiger charge is 2.14. The molecule has 0 aliphatic heterocycles. The predicted octanol–water partition coefficient (Wildman–Crippen LogP) is 1.82. The Hall–Kier alpha value is -1.12. The highest BCUT2D eigenvalue weighted by atomic mass is 16.5. The third kappa shape index (κ3) is 1.86. The summed E-state index contributed by atoms with van der Waals surface area (Å²) in [6.07, 6.45) is 5.38. The molecule has 1 aliphatic rings. The molecular weight excluding hydrogens is 174 g/mol. The van der Waals surface area contributed by atoms with Crippen molar-refractivity contribution in [1.82, 2.24) is 0 Å². The van der Waals surface area contributed by atoms with E-state index in [0.29, 0.717) is 13.2 Å². The Balaban J connectivity index is 2.18. The van der Waals surface area contributed by atoms with E-state index in [1.165, 1.54) is 11.1 Å². The molecule has 0 fully saturated rings. The van der Waals surface area contributed by atoms with Crippen LogP contribution in [0.4, 0.5) is 0 Å². The van der Waals surface area contributed by atoms with Gasteiger partial charge in [-0.05, 0) is 17.5 Å². The van der Waals surface area contributed by atoms with Crippen molar-refractivity contribution in [2.24, 2.45) is 5.73 Å². The summed E-state index contributed by atoms with van der Waals surface area (Å²) < 4.78 is 5.65. The first kappa shape index (κ1) is 9.44. The lowest BCUT2D eigenvalue weighted by Crippen LogP contribution is -2.14. The first-order chi connectivity index (χ1) is 6.92. The van der Waals surface area contributed by atoms with E-state index in [-0.39, 0.29) is 6.10 Å². The maximum Gasteiger partial charge on any atom is 0.101 e. The molecule has 0 radical (unpaired) electrons. The summed E-state index contributed by atoms with van der Waals surface area (Å²) >= 11 is 0. The Bertz CT molecular complexity index is 333. The molecule has 1 aliphatic carbocycles. The smallest absolute Gasteiger partial charge is 0.101 e. The molecule has 1 aromatic carbocycles. The lowest BCUT2D eigenvalue weighted by molar-refractivity contribution is 0.0900. The zero-order valence-electron chi connectivity index (χ0n) is 8.15. The van der Waals surface area contributed by atoms with Crippen LogP contribution in [0.25, 0.3) is 0 Å².